The minimum absolute atomic E-state index is 0.00189. The fraction of sp³-hybridized carbons (Fsp3) is 0.143. The number of anilines is 1. The van der Waals surface area contributed by atoms with Gasteiger partial charge in [0.15, 0.2) is 0 Å². The second kappa shape index (κ2) is 8.27. The molecule has 0 aliphatic rings. The van der Waals surface area contributed by atoms with E-state index in [2.05, 4.69) is 14.7 Å². The summed E-state index contributed by atoms with van der Waals surface area (Å²) in [5.74, 6) is 5.85. The Labute approximate surface area is 141 Å². The van der Waals surface area contributed by atoms with Crippen LogP contribution in [0.25, 0.3) is 0 Å². The molecule has 4 N–H and O–H groups in total. The van der Waals surface area contributed by atoms with Gasteiger partial charge in [-0.15, -0.1) is 0 Å². The van der Waals surface area contributed by atoms with Gasteiger partial charge in [-0.2, -0.15) is 8.78 Å². The summed E-state index contributed by atoms with van der Waals surface area (Å²) >= 11 is 5.66. The van der Waals surface area contributed by atoms with Crippen LogP contribution in [0.15, 0.2) is 48.6 Å². The molecular formula is C14H14ClF2N5O2. The molecule has 0 saturated carbocycles. The Morgan fingerprint density at radius 3 is 2.46 bits per heavy atom. The van der Waals surface area contributed by atoms with E-state index in [1.807, 2.05) is 0 Å². The van der Waals surface area contributed by atoms with Crippen molar-refractivity contribution in [2.75, 3.05) is 11.6 Å². The van der Waals surface area contributed by atoms with Crippen LogP contribution in [0.2, 0.25) is 5.02 Å². The number of hydrogen-bond acceptors (Lipinski definition) is 7. The molecule has 0 amide bonds. The Kier molecular flexibility index (Phi) is 6.10. The SMILES string of the molecule is N/C(=C\N(N)c1ccc(OC(F)F)cc1)COc1ncc(Cl)cn1. The summed E-state index contributed by atoms with van der Waals surface area (Å²) in [6, 6.07) is 5.86. The van der Waals surface area contributed by atoms with Crippen molar-refractivity contribution in [1.29, 1.82) is 0 Å². The number of hydrazine groups is 1. The summed E-state index contributed by atoms with van der Waals surface area (Å²) in [6.45, 7) is -2.88. The fourth-order valence-electron chi connectivity index (χ4n) is 1.61. The van der Waals surface area contributed by atoms with E-state index in [1.54, 1.807) is 0 Å². The van der Waals surface area contributed by atoms with Crippen molar-refractivity contribution < 1.29 is 18.3 Å². The average Bonchev–Trinajstić information content (AvgIpc) is 2.54. The Morgan fingerprint density at radius 2 is 1.88 bits per heavy atom. The first kappa shape index (κ1) is 17.7. The Hall–Kier alpha value is -2.65. The van der Waals surface area contributed by atoms with Gasteiger partial charge in [0.25, 0.3) is 0 Å². The van der Waals surface area contributed by atoms with Crippen LogP contribution in [-0.2, 0) is 0 Å². The molecule has 2 rings (SSSR count). The van der Waals surface area contributed by atoms with Crippen LogP contribution in [0.5, 0.6) is 11.8 Å². The first-order valence-electron chi connectivity index (χ1n) is 6.59. The predicted molar refractivity (Wildman–Crippen MR) is 84.5 cm³/mol. The summed E-state index contributed by atoms with van der Waals surface area (Å²) in [4.78, 5) is 7.71. The molecule has 0 radical (unpaired) electrons. The maximum Gasteiger partial charge on any atom is 0.387 e. The third-order valence-electron chi connectivity index (χ3n) is 2.63. The molecule has 0 atom stereocenters. The largest absolute Gasteiger partial charge is 0.457 e. The third-order valence-corrected chi connectivity index (χ3v) is 2.82. The van der Waals surface area contributed by atoms with E-state index in [4.69, 9.17) is 27.9 Å². The molecule has 1 aromatic heterocycles. The Balaban J connectivity index is 1.92. The quantitative estimate of drug-likeness (QED) is 0.579. The number of halogens is 3. The molecule has 10 heteroatoms. The lowest BCUT2D eigenvalue weighted by Gasteiger charge is -2.15. The van der Waals surface area contributed by atoms with E-state index in [1.165, 1.54) is 47.9 Å². The van der Waals surface area contributed by atoms with Gasteiger partial charge in [0, 0.05) is 6.20 Å². The van der Waals surface area contributed by atoms with E-state index in [-0.39, 0.29) is 18.4 Å². The van der Waals surface area contributed by atoms with Crippen molar-refractivity contribution in [2.45, 2.75) is 6.61 Å². The molecule has 0 saturated heterocycles. The summed E-state index contributed by atoms with van der Waals surface area (Å²) in [7, 11) is 0. The van der Waals surface area contributed by atoms with Gasteiger partial charge in [-0.25, -0.2) is 15.8 Å². The highest BCUT2D eigenvalue weighted by atomic mass is 35.5. The van der Waals surface area contributed by atoms with Gasteiger partial charge in [0.2, 0.25) is 0 Å². The molecule has 128 valence electrons. The molecule has 0 fully saturated rings. The van der Waals surface area contributed by atoms with Crippen molar-refractivity contribution in [3.63, 3.8) is 0 Å². The van der Waals surface area contributed by atoms with Crippen molar-refractivity contribution in [2.24, 2.45) is 11.6 Å². The molecule has 1 aromatic carbocycles. The molecule has 0 spiro atoms. The van der Waals surface area contributed by atoms with E-state index >= 15 is 0 Å². The van der Waals surface area contributed by atoms with E-state index < -0.39 is 6.61 Å². The minimum Gasteiger partial charge on any atom is -0.457 e. The Bertz CT molecular complexity index is 683. The van der Waals surface area contributed by atoms with Gasteiger partial charge in [-0.05, 0) is 24.3 Å². The molecule has 0 bridgehead atoms. The van der Waals surface area contributed by atoms with Gasteiger partial charge < -0.3 is 15.2 Å². The topological polar surface area (TPSA) is 99.5 Å². The van der Waals surface area contributed by atoms with Crippen molar-refractivity contribution in [1.82, 2.24) is 9.97 Å². The zero-order chi connectivity index (χ0) is 17.5. The van der Waals surface area contributed by atoms with Crippen LogP contribution in [0.1, 0.15) is 0 Å². The number of rotatable bonds is 7. The number of benzene rings is 1. The molecule has 0 aliphatic heterocycles. The van der Waals surface area contributed by atoms with Gasteiger partial charge in [0.1, 0.15) is 12.4 Å². The van der Waals surface area contributed by atoms with Crippen LogP contribution in [0.4, 0.5) is 14.5 Å². The standard InChI is InChI=1S/C14H14ClF2N5O2/c15-9-5-20-14(21-6-9)23-8-10(18)7-22(19)11-1-3-12(4-2-11)24-13(16)17/h1-7,13H,8,18-19H2/b10-7-. The first-order chi connectivity index (χ1) is 11.4. The van der Waals surface area contributed by atoms with Crippen LogP contribution in [-0.4, -0.2) is 23.2 Å². The molecule has 24 heavy (non-hydrogen) atoms. The second-order valence-corrected chi connectivity index (χ2v) is 4.89. The zero-order valence-corrected chi connectivity index (χ0v) is 13.0. The molecule has 1 heterocycles. The number of nitrogens with two attached hydrogens (primary N) is 2. The van der Waals surface area contributed by atoms with Gasteiger partial charge >= 0.3 is 12.6 Å². The monoisotopic (exact) mass is 357 g/mol. The van der Waals surface area contributed by atoms with Gasteiger partial charge in [-0.3, -0.25) is 5.01 Å². The lowest BCUT2D eigenvalue weighted by Crippen LogP contribution is -2.27. The van der Waals surface area contributed by atoms with Crippen LogP contribution >= 0.6 is 11.6 Å². The molecule has 7 nitrogen and oxygen atoms in total. The van der Waals surface area contributed by atoms with Crippen LogP contribution in [0, 0.1) is 0 Å². The molecule has 0 aliphatic carbocycles. The van der Waals surface area contributed by atoms with Crippen molar-refractivity contribution in [3.8, 4) is 11.8 Å². The van der Waals surface area contributed by atoms with Gasteiger partial charge in [0.05, 0.1) is 28.8 Å². The smallest absolute Gasteiger partial charge is 0.387 e. The minimum atomic E-state index is -2.88. The highest BCUT2D eigenvalue weighted by molar-refractivity contribution is 6.30. The van der Waals surface area contributed by atoms with Crippen molar-refractivity contribution >= 4 is 17.3 Å². The number of nitrogens with zero attached hydrogens (tertiary/aromatic N) is 3. The molecule has 0 unspecified atom stereocenters. The number of aromatic nitrogens is 2. The zero-order valence-electron chi connectivity index (χ0n) is 12.3. The maximum absolute atomic E-state index is 12.1. The summed E-state index contributed by atoms with van der Waals surface area (Å²) in [6.07, 6.45) is 4.20. The van der Waals surface area contributed by atoms with E-state index in [9.17, 15) is 8.78 Å². The predicted octanol–water partition coefficient (Wildman–Crippen LogP) is 2.29. The second-order valence-electron chi connectivity index (χ2n) is 4.46. The highest BCUT2D eigenvalue weighted by Gasteiger charge is 2.06. The van der Waals surface area contributed by atoms with Crippen molar-refractivity contribution in [3.05, 3.63) is 53.6 Å². The van der Waals surface area contributed by atoms with Gasteiger partial charge in [-0.1, -0.05) is 11.6 Å². The normalized spacial score (nSPS) is 11.5. The summed E-state index contributed by atoms with van der Waals surface area (Å²) < 4.78 is 33.7. The lowest BCUT2D eigenvalue weighted by molar-refractivity contribution is -0.0498. The number of alkyl halides is 2. The lowest BCUT2D eigenvalue weighted by atomic mass is 10.3. The maximum atomic E-state index is 12.1. The number of ether oxygens (including phenoxy) is 2. The van der Waals surface area contributed by atoms with Crippen LogP contribution in [0.3, 0.4) is 0 Å². The first-order valence-corrected chi connectivity index (χ1v) is 6.97. The summed E-state index contributed by atoms with van der Waals surface area (Å²) in [5, 5.41) is 1.60. The highest BCUT2D eigenvalue weighted by Crippen LogP contribution is 2.19. The summed E-state index contributed by atoms with van der Waals surface area (Å²) in [5.41, 5.74) is 6.61. The average molecular weight is 358 g/mol. The van der Waals surface area contributed by atoms with E-state index in [0.29, 0.717) is 16.4 Å². The van der Waals surface area contributed by atoms with Crippen LogP contribution < -0.4 is 26.1 Å². The number of hydrogen-bond donors (Lipinski definition) is 2. The third kappa shape index (κ3) is 5.52. The molecular weight excluding hydrogens is 344 g/mol. The molecule has 2 aromatic rings. The van der Waals surface area contributed by atoms with E-state index in [0.717, 1.165) is 0 Å². The fourth-order valence-corrected chi connectivity index (χ4v) is 1.71. The Morgan fingerprint density at radius 1 is 1.25 bits per heavy atom.